The van der Waals surface area contributed by atoms with Crippen molar-refractivity contribution in [2.24, 2.45) is 0 Å². The fourth-order valence-electron chi connectivity index (χ4n) is 4.59. The standard InChI is InChI=1S/C33H26O2Se/c1-35-31(34)22-21-29-30(23-36-26-17-9-4-10-18-26)33(25-15-7-3-8-16-25)28-20-12-11-19-27(28)32(29)24-13-5-2-6-14-24/h2-22H,23H2,1H3/b22-21+. The first-order chi connectivity index (χ1) is 17.8. The summed E-state index contributed by atoms with van der Waals surface area (Å²) in [5, 5.41) is 3.28. The Bertz CT molecular complexity index is 1510. The van der Waals surface area contributed by atoms with Crippen molar-refractivity contribution in [2.45, 2.75) is 5.32 Å². The van der Waals surface area contributed by atoms with Crippen molar-refractivity contribution in [1.82, 2.24) is 0 Å². The van der Waals surface area contributed by atoms with Crippen molar-refractivity contribution < 1.29 is 9.53 Å². The second kappa shape index (κ2) is 11.2. The Hall–Kier alpha value is -3.91. The van der Waals surface area contributed by atoms with Gasteiger partial charge >= 0.3 is 219 Å². The molecule has 5 aromatic rings. The third-order valence-electron chi connectivity index (χ3n) is 6.20. The van der Waals surface area contributed by atoms with E-state index in [-0.39, 0.29) is 20.9 Å². The molecule has 0 saturated carbocycles. The molecule has 0 aliphatic carbocycles. The van der Waals surface area contributed by atoms with Crippen LogP contribution in [0.2, 0.25) is 0 Å². The van der Waals surface area contributed by atoms with E-state index in [2.05, 4.69) is 109 Å². The van der Waals surface area contributed by atoms with E-state index in [0.717, 1.165) is 22.0 Å². The number of benzene rings is 5. The van der Waals surface area contributed by atoms with Crippen molar-refractivity contribution in [3.63, 3.8) is 0 Å². The van der Waals surface area contributed by atoms with E-state index in [1.54, 1.807) is 6.08 Å². The zero-order valence-electron chi connectivity index (χ0n) is 20.1. The molecule has 36 heavy (non-hydrogen) atoms. The van der Waals surface area contributed by atoms with Gasteiger partial charge in [0.05, 0.1) is 0 Å². The summed E-state index contributed by atoms with van der Waals surface area (Å²) in [6.07, 6.45) is 3.49. The molecule has 176 valence electrons. The van der Waals surface area contributed by atoms with Crippen molar-refractivity contribution in [3.05, 3.63) is 132 Å². The summed E-state index contributed by atoms with van der Waals surface area (Å²) >= 11 is 0.217. The second-order valence-corrected chi connectivity index (χ2v) is 10.6. The average Bonchev–Trinajstić information content (AvgIpc) is 2.95. The fourth-order valence-corrected chi connectivity index (χ4v) is 6.60. The van der Waals surface area contributed by atoms with Gasteiger partial charge in [0, 0.05) is 0 Å². The monoisotopic (exact) mass is 534 g/mol. The predicted molar refractivity (Wildman–Crippen MR) is 151 cm³/mol. The van der Waals surface area contributed by atoms with Crippen molar-refractivity contribution in [3.8, 4) is 22.3 Å². The molecule has 0 saturated heterocycles. The summed E-state index contributed by atoms with van der Waals surface area (Å²) in [7, 11) is 1.42. The molecule has 0 aromatic heterocycles. The van der Waals surface area contributed by atoms with E-state index in [0.29, 0.717) is 0 Å². The van der Waals surface area contributed by atoms with Crippen LogP contribution in [-0.4, -0.2) is 28.0 Å². The fraction of sp³-hybridized carbons (Fsp3) is 0.0606. The van der Waals surface area contributed by atoms with Crippen LogP contribution in [0.4, 0.5) is 0 Å². The van der Waals surface area contributed by atoms with Gasteiger partial charge < -0.3 is 0 Å². The molecule has 0 bridgehead atoms. The number of fused-ring (bicyclic) bond motifs is 1. The van der Waals surface area contributed by atoms with Crippen LogP contribution in [0.5, 0.6) is 0 Å². The molecule has 0 amide bonds. The molecule has 0 spiro atoms. The summed E-state index contributed by atoms with van der Waals surface area (Å²) in [6.45, 7) is 0. The van der Waals surface area contributed by atoms with Gasteiger partial charge in [0.15, 0.2) is 0 Å². The van der Waals surface area contributed by atoms with Crippen LogP contribution < -0.4 is 4.46 Å². The molecular formula is C33H26O2Se. The van der Waals surface area contributed by atoms with E-state index in [1.165, 1.54) is 39.0 Å². The van der Waals surface area contributed by atoms with Crippen molar-refractivity contribution in [2.75, 3.05) is 7.11 Å². The molecule has 0 radical (unpaired) electrons. The van der Waals surface area contributed by atoms with Crippen molar-refractivity contribution in [1.29, 1.82) is 0 Å². The predicted octanol–water partition coefficient (Wildman–Crippen LogP) is 6.89. The maximum atomic E-state index is 12.2. The number of ether oxygens (including phenoxy) is 1. The third kappa shape index (κ3) is 5.04. The Morgan fingerprint density at radius 2 is 1.19 bits per heavy atom. The van der Waals surface area contributed by atoms with Crippen molar-refractivity contribution >= 4 is 42.2 Å². The number of methoxy groups -OCH3 is 1. The van der Waals surface area contributed by atoms with Crippen LogP contribution in [0.15, 0.2) is 121 Å². The molecule has 3 heteroatoms. The number of carbonyl (C=O) groups is 1. The van der Waals surface area contributed by atoms with Crippen LogP contribution in [0.1, 0.15) is 11.1 Å². The van der Waals surface area contributed by atoms with Gasteiger partial charge in [0.25, 0.3) is 0 Å². The van der Waals surface area contributed by atoms with E-state index >= 15 is 0 Å². The summed E-state index contributed by atoms with van der Waals surface area (Å²) < 4.78 is 6.32. The van der Waals surface area contributed by atoms with Crippen LogP contribution >= 0.6 is 0 Å². The molecule has 5 rings (SSSR count). The summed E-state index contributed by atoms with van der Waals surface area (Å²) in [6, 6.07) is 40.3. The van der Waals surface area contributed by atoms with E-state index < -0.39 is 0 Å². The quantitative estimate of drug-likeness (QED) is 0.129. The normalized spacial score (nSPS) is 11.1. The Labute approximate surface area is 218 Å². The Balaban J connectivity index is 1.86. The summed E-state index contributed by atoms with van der Waals surface area (Å²) in [4.78, 5) is 12.2. The number of esters is 1. The summed E-state index contributed by atoms with van der Waals surface area (Å²) in [5.41, 5.74) is 7.01. The molecule has 2 nitrogen and oxygen atoms in total. The zero-order chi connectivity index (χ0) is 24.7. The van der Waals surface area contributed by atoms with Gasteiger partial charge in [-0.1, -0.05) is 0 Å². The molecule has 0 N–H and O–H groups in total. The van der Waals surface area contributed by atoms with E-state index in [4.69, 9.17) is 4.74 Å². The Morgan fingerprint density at radius 3 is 1.78 bits per heavy atom. The van der Waals surface area contributed by atoms with Gasteiger partial charge in [-0.25, -0.2) is 0 Å². The topological polar surface area (TPSA) is 26.3 Å². The molecule has 0 heterocycles. The Kier molecular flexibility index (Phi) is 7.42. The molecule has 0 atom stereocenters. The molecule has 0 unspecified atom stereocenters. The summed E-state index contributed by atoms with van der Waals surface area (Å²) in [5.74, 6) is -0.358. The SMILES string of the molecule is COC(=O)/C=C/c1c(C[Se]c2ccccc2)c(-c2ccccc2)c2ccccc2c1-c1ccccc1. The first-order valence-electron chi connectivity index (χ1n) is 11.9. The van der Waals surface area contributed by atoms with Gasteiger partial charge in [0.1, 0.15) is 0 Å². The van der Waals surface area contributed by atoms with E-state index in [1.807, 2.05) is 12.1 Å². The molecule has 5 aromatic carbocycles. The third-order valence-corrected chi connectivity index (χ3v) is 8.38. The number of hydrogen-bond acceptors (Lipinski definition) is 2. The molecule has 0 aliphatic rings. The van der Waals surface area contributed by atoms with Gasteiger partial charge in [-0.05, 0) is 0 Å². The van der Waals surface area contributed by atoms with Gasteiger partial charge in [0.2, 0.25) is 0 Å². The zero-order valence-corrected chi connectivity index (χ0v) is 21.8. The Morgan fingerprint density at radius 1 is 0.694 bits per heavy atom. The number of carbonyl (C=O) groups excluding carboxylic acids is 1. The first-order valence-corrected chi connectivity index (χ1v) is 14.0. The average molecular weight is 534 g/mol. The molecule has 0 fully saturated rings. The number of rotatable bonds is 7. The maximum absolute atomic E-state index is 12.2. The van der Waals surface area contributed by atoms with Gasteiger partial charge in [-0.15, -0.1) is 0 Å². The van der Waals surface area contributed by atoms with Gasteiger partial charge in [-0.2, -0.15) is 0 Å². The van der Waals surface area contributed by atoms with Crippen LogP contribution in [0.25, 0.3) is 39.1 Å². The minimum atomic E-state index is -0.358. The molecular weight excluding hydrogens is 507 g/mol. The van der Waals surface area contributed by atoms with Gasteiger partial charge in [-0.3, -0.25) is 0 Å². The van der Waals surface area contributed by atoms with Crippen LogP contribution in [-0.2, 0) is 14.9 Å². The first kappa shape index (κ1) is 23.8. The van der Waals surface area contributed by atoms with E-state index in [9.17, 15) is 4.79 Å². The second-order valence-electron chi connectivity index (χ2n) is 8.38. The molecule has 0 aliphatic heterocycles. The van der Waals surface area contributed by atoms with Crippen LogP contribution in [0.3, 0.4) is 0 Å². The minimum absolute atomic E-state index is 0.217. The number of hydrogen-bond donors (Lipinski definition) is 0. The van der Waals surface area contributed by atoms with Crippen LogP contribution in [0, 0.1) is 0 Å².